The molecule has 0 saturated heterocycles. The van der Waals surface area contributed by atoms with E-state index in [0.717, 1.165) is 27.9 Å². The molecular formula is C21H21BrN8S2. The first kappa shape index (κ1) is 22.4. The number of nitrogens with one attached hydrogen (secondary N) is 3. The van der Waals surface area contributed by atoms with E-state index in [2.05, 4.69) is 54.3 Å². The fourth-order valence-electron chi connectivity index (χ4n) is 2.86. The molecule has 11 heteroatoms. The van der Waals surface area contributed by atoms with Crippen LogP contribution in [0.5, 0.6) is 0 Å². The number of halogens is 1. The zero-order valence-corrected chi connectivity index (χ0v) is 20.5. The van der Waals surface area contributed by atoms with E-state index in [1.54, 1.807) is 16.4 Å². The summed E-state index contributed by atoms with van der Waals surface area (Å²) in [5, 5.41) is 12.8. The molecular weight excluding hydrogens is 508 g/mol. The van der Waals surface area contributed by atoms with Crippen LogP contribution in [0.15, 0.2) is 64.2 Å². The van der Waals surface area contributed by atoms with Gasteiger partial charge < -0.3 is 5.32 Å². The molecule has 0 unspecified atom stereocenters. The summed E-state index contributed by atoms with van der Waals surface area (Å²) in [4.78, 5) is 9.32. The maximum absolute atomic E-state index is 5.40. The van der Waals surface area contributed by atoms with Crippen LogP contribution in [0.2, 0.25) is 0 Å². The van der Waals surface area contributed by atoms with Gasteiger partial charge in [0, 0.05) is 15.9 Å². The van der Waals surface area contributed by atoms with Gasteiger partial charge in [-0.3, -0.25) is 10.9 Å². The fourth-order valence-corrected chi connectivity index (χ4v) is 3.98. The van der Waals surface area contributed by atoms with Crippen molar-refractivity contribution in [3.63, 3.8) is 0 Å². The predicted molar refractivity (Wildman–Crippen MR) is 137 cm³/mol. The molecule has 2 heterocycles. The number of benzene rings is 2. The maximum atomic E-state index is 5.40. The van der Waals surface area contributed by atoms with Crippen molar-refractivity contribution in [1.82, 2.24) is 30.4 Å². The molecule has 2 aromatic heterocycles. The number of fused-ring (bicyclic) bond motifs is 1. The highest BCUT2D eigenvalue weighted by Crippen LogP contribution is 2.23. The Kier molecular flexibility index (Phi) is 7.51. The Hall–Kier alpha value is -2.76. The Bertz CT molecular complexity index is 1200. The van der Waals surface area contributed by atoms with Gasteiger partial charge in [-0.2, -0.15) is 0 Å². The van der Waals surface area contributed by atoms with Gasteiger partial charge in [0.15, 0.2) is 27.3 Å². The smallest absolute Gasteiger partial charge is 0.191 e. The Morgan fingerprint density at radius 3 is 2.62 bits per heavy atom. The molecule has 0 aliphatic heterocycles. The lowest BCUT2D eigenvalue weighted by atomic mass is 10.2. The van der Waals surface area contributed by atoms with Crippen molar-refractivity contribution < 1.29 is 0 Å². The normalized spacial score (nSPS) is 10.8. The highest BCUT2D eigenvalue weighted by Gasteiger charge is 2.15. The summed E-state index contributed by atoms with van der Waals surface area (Å²) in [6, 6.07) is 17.8. The fraction of sp³-hybridized carbons (Fsp3) is 0.190. The summed E-state index contributed by atoms with van der Waals surface area (Å²) in [5.41, 5.74) is 9.27. The number of hydrogen-bond acceptors (Lipinski definition) is 7. The van der Waals surface area contributed by atoms with E-state index >= 15 is 0 Å². The van der Waals surface area contributed by atoms with Gasteiger partial charge in [0.1, 0.15) is 0 Å². The second-order valence-electron chi connectivity index (χ2n) is 6.82. The summed E-state index contributed by atoms with van der Waals surface area (Å²) in [5.74, 6) is 1.44. The van der Waals surface area contributed by atoms with E-state index in [4.69, 9.17) is 17.2 Å². The second-order valence-corrected chi connectivity index (χ2v) is 9.21. The summed E-state index contributed by atoms with van der Waals surface area (Å²) in [6.07, 6.45) is 1.02. The molecule has 0 bridgehead atoms. The van der Waals surface area contributed by atoms with Crippen LogP contribution < -0.4 is 16.2 Å². The van der Waals surface area contributed by atoms with Crippen molar-refractivity contribution in [3.8, 4) is 0 Å². The minimum atomic E-state index is 0.401. The highest BCUT2D eigenvalue weighted by atomic mass is 79.9. The van der Waals surface area contributed by atoms with Crippen molar-refractivity contribution in [3.05, 3.63) is 64.6 Å². The van der Waals surface area contributed by atoms with Crippen molar-refractivity contribution in [2.45, 2.75) is 25.0 Å². The number of rotatable bonds is 8. The quantitative estimate of drug-likeness (QED) is 0.128. The Morgan fingerprint density at radius 2 is 1.88 bits per heavy atom. The van der Waals surface area contributed by atoms with Gasteiger partial charge in [0.25, 0.3) is 0 Å². The lowest BCUT2D eigenvalue weighted by Gasteiger charge is -2.13. The molecule has 32 heavy (non-hydrogen) atoms. The van der Waals surface area contributed by atoms with Crippen molar-refractivity contribution >= 4 is 67.7 Å². The number of aromatic nitrogens is 5. The molecule has 4 aromatic rings. The summed E-state index contributed by atoms with van der Waals surface area (Å²) >= 11 is 10.4. The minimum absolute atomic E-state index is 0.401. The van der Waals surface area contributed by atoms with Crippen molar-refractivity contribution in [2.24, 2.45) is 0 Å². The second kappa shape index (κ2) is 10.7. The van der Waals surface area contributed by atoms with Gasteiger partial charge >= 0.3 is 0 Å². The Morgan fingerprint density at radius 1 is 1.09 bits per heavy atom. The summed E-state index contributed by atoms with van der Waals surface area (Å²) in [6.45, 7) is 2.70. The van der Waals surface area contributed by atoms with Crippen LogP contribution in [0.4, 0.5) is 11.5 Å². The van der Waals surface area contributed by atoms with Gasteiger partial charge in [0.2, 0.25) is 0 Å². The average Bonchev–Trinajstić information content (AvgIpc) is 3.21. The molecule has 0 spiro atoms. The number of thiocarbonyl (C=S) groups is 1. The van der Waals surface area contributed by atoms with Crippen LogP contribution in [0.3, 0.4) is 0 Å². The number of anilines is 2. The molecule has 4 rings (SSSR count). The first-order valence-electron chi connectivity index (χ1n) is 9.99. The topological polar surface area (TPSA) is 92.6 Å². The van der Waals surface area contributed by atoms with Gasteiger partial charge in [0.05, 0.1) is 6.54 Å². The number of hydrazine groups is 1. The van der Waals surface area contributed by atoms with Gasteiger partial charge in [-0.05, 0) is 48.5 Å². The largest absolute Gasteiger partial charge is 0.331 e. The number of hydrogen-bond donors (Lipinski definition) is 3. The van der Waals surface area contributed by atoms with E-state index in [9.17, 15) is 0 Å². The monoisotopic (exact) mass is 528 g/mol. The molecule has 2 aromatic carbocycles. The molecule has 0 atom stereocenters. The molecule has 8 nitrogen and oxygen atoms in total. The SMILES string of the molecule is CCCSc1nc(NNC(=S)Nc2ccc(Br)cc2)c2nnn(Cc3ccccc3)c2n1. The van der Waals surface area contributed by atoms with Crippen LogP contribution in [-0.2, 0) is 6.54 Å². The number of nitrogens with zero attached hydrogens (tertiary/aromatic N) is 5. The third kappa shape index (κ3) is 5.72. The van der Waals surface area contributed by atoms with Crippen LogP contribution in [0.25, 0.3) is 11.2 Å². The minimum Gasteiger partial charge on any atom is -0.331 e. The number of thioether (sulfide) groups is 1. The first-order chi connectivity index (χ1) is 15.6. The van der Waals surface area contributed by atoms with Crippen molar-refractivity contribution in [2.75, 3.05) is 16.5 Å². The third-order valence-corrected chi connectivity index (χ3v) is 6.14. The molecule has 3 N–H and O–H groups in total. The van der Waals surface area contributed by atoms with Crippen LogP contribution in [-0.4, -0.2) is 35.8 Å². The molecule has 0 aliphatic rings. The average molecular weight is 529 g/mol. The summed E-state index contributed by atoms with van der Waals surface area (Å²) < 4.78 is 2.78. The van der Waals surface area contributed by atoms with Crippen LogP contribution in [0, 0.1) is 0 Å². The van der Waals surface area contributed by atoms with Crippen molar-refractivity contribution in [1.29, 1.82) is 0 Å². The first-order valence-corrected chi connectivity index (χ1v) is 12.2. The standard InChI is InChI=1S/C21H21BrN8S2/c1-2-12-32-21-24-18(27-28-20(31)23-16-10-8-15(22)9-11-16)17-19(25-21)30(29-26-17)13-14-6-4-3-5-7-14/h3-11H,2,12-13H2,1H3,(H2,23,28,31)(H,24,25,27). The predicted octanol–water partition coefficient (Wildman–Crippen LogP) is 4.85. The van der Waals surface area contributed by atoms with E-state index in [1.165, 1.54) is 0 Å². The molecule has 164 valence electrons. The molecule has 0 radical (unpaired) electrons. The maximum Gasteiger partial charge on any atom is 0.191 e. The van der Waals surface area contributed by atoms with Gasteiger partial charge in [-0.1, -0.05) is 70.2 Å². The third-order valence-electron chi connectivity index (χ3n) is 4.35. The van der Waals surface area contributed by atoms with Crippen LogP contribution in [0.1, 0.15) is 18.9 Å². The molecule has 0 aliphatic carbocycles. The highest BCUT2D eigenvalue weighted by molar-refractivity contribution is 9.10. The lowest BCUT2D eigenvalue weighted by Crippen LogP contribution is -2.33. The zero-order valence-electron chi connectivity index (χ0n) is 17.2. The zero-order chi connectivity index (χ0) is 22.3. The lowest BCUT2D eigenvalue weighted by molar-refractivity contribution is 0.661. The Labute approximate surface area is 203 Å². The van der Waals surface area contributed by atoms with Crippen LogP contribution >= 0.6 is 39.9 Å². The van der Waals surface area contributed by atoms with E-state index in [-0.39, 0.29) is 0 Å². The molecule has 0 saturated carbocycles. The van der Waals surface area contributed by atoms with Gasteiger partial charge in [-0.25, -0.2) is 14.6 Å². The summed E-state index contributed by atoms with van der Waals surface area (Å²) in [7, 11) is 0. The Balaban J connectivity index is 1.55. The molecule has 0 amide bonds. The molecule has 0 fully saturated rings. The van der Waals surface area contributed by atoms with E-state index in [0.29, 0.717) is 33.8 Å². The van der Waals surface area contributed by atoms with Gasteiger partial charge in [-0.15, -0.1) is 5.10 Å². The van der Waals surface area contributed by atoms with E-state index in [1.807, 2.05) is 54.6 Å². The van der Waals surface area contributed by atoms with E-state index < -0.39 is 0 Å².